The van der Waals surface area contributed by atoms with Crippen molar-refractivity contribution in [3.8, 4) is 0 Å². The van der Waals surface area contributed by atoms with Crippen LogP contribution in [0.4, 0.5) is 13.2 Å². The summed E-state index contributed by atoms with van der Waals surface area (Å²) in [4.78, 5) is 11.6. The van der Waals surface area contributed by atoms with Gasteiger partial charge in [-0.15, -0.1) is 0 Å². The maximum absolute atomic E-state index is 13.8. The summed E-state index contributed by atoms with van der Waals surface area (Å²) >= 11 is 0. The van der Waals surface area contributed by atoms with E-state index >= 15 is 0 Å². The molecule has 1 fully saturated rings. The first-order valence-corrected chi connectivity index (χ1v) is 9.25. The van der Waals surface area contributed by atoms with Crippen LogP contribution in [0.15, 0.2) is 17.0 Å². The second-order valence-electron chi connectivity index (χ2n) is 5.77. The zero-order valence-corrected chi connectivity index (χ0v) is 14.2. The molecule has 0 aliphatic carbocycles. The molecule has 1 N–H and O–H groups in total. The van der Waals surface area contributed by atoms with Crippen LogP contribution in [0.1, 0.15) is 19.3 Å². The maximum atomic E-state index is 13.8. The molecule has 1 aliphatic heterocycles. The molecule has 1 aromatic rings. The van der Waals surface area contributed by atoms with Crippen molar-refractivity contribution in [2.75, 3.05) is 32.7 Å². The minimum absolute atomic E-state index is 0.0871. The number of halogens is 3. The highest BCUT2D eigenvalue weighted by molar-refractivity contribution is 7.89. The quantitative estimate of drug-likeness (QED) is 0.575. The van der Waals surface area contributed by atoms with Gasteiger partial charge in [-0.2, -0.15) is 4.31 Å². The summed E-state index contributed by atoms with van der Waals surface area (Å²) < 4.78 is 65.9. The van der Waals surface area contributed by atoms with Crippen molar-refractivity contribution in [2.24, 2.45) is 0 Å². The van der Waals surface area contributed by atoms with E-state index in [1.165, 1.54) is 0 Å². The molecule has 25 heavy (non-hydrogen) atoms. The molecular weight excluding hydrogens is 361 g/mol. The number of nitrogens with zero attached hydrogens (tertiary/aromatic N) is 2. The largest absolute Gasteiger partial charge is 0.481 e. The number of rotatable bonds is 7. The van der Waals surface area contributed by atoms with Gasteiger partial charge in [0.1, 0.15) is 4.90 Å². The monoisotopic (exact) mass is 380 g/mol. The third kappa shape index (κ3) is 4.71. The average Bonchev–Trinajstić information content (AvgIpc) is 2.56. The van der Waals surface area contributed by atoms with Crippen LogP contribution in [0.3, 0.4) is 0 Å². The van der Waals surface area contributed by atoms with Crippen molar-refractivity contribution >= 4 is 16.0 Å². The van der Waals surface area contributed by atoms with Gasteiger partial charge in [-0.3, -0.25) is 4.79 Å². The van der Waals surface area contributed by atoms with E-state index in [1.54, 1.807) is 0 Å². The first kappa shape index (κ1) is 19.7. The van der Waals surface area contributed by atoms with E-state index in [1.807, 2.05) is 4.90 Å². The lowest BCUT2D eigenvalue weighted by Gasteiger charge is -2.34. The number of benzene rings is 1. The van der Waals surface area contributed by atoms with Crippen molar-refractivity contribution in [3.05, 3.63) is 29.6 Å². The van der Waals surface area contributed by atoms with Crippen LogP contribution in [0.5, 0.6) is 0 Å². The number of aliphatic carboxylic acids is 1. The van der Waals surface area contributed by atoms with Gasteiger partial charge in [0.2, 0.25) is 10.0 Å². The Kier molecular flexibility index (Phi) is 6.42. The normalized spacial score (nSPS) is 16.9. The molecule has 1 aromatic carbocycles. The molecule has 1 saturated heterocycles. The predicted molar refractivity (Wildman–Crippen MR) is 83.0 cm³/mol. The van der Waals surface area contributed by atoms with Crippen molar-refractivity contribution in [1.82, 2.24) is 9.21 Å². The number of carboxylic acid groups (broad SMARTS) is 1. The molecule has 0 radical (unpaired) electrons. The highest BCUT2D eigenvalue weighted by Crippen LogP contribution is 2.24. The van der Waals surface area contributed by atoms with Crippen LogP contribution in [-0.2, 0) is 14.8 Å². The summed E-state index contributed by atoms with van der Waals surface area (Å²) in [6.45, 7) is 1.63. The minimum Gasteiger partial charge on any atom is -0.481 e. The number of unbranched alkanes of at least 4 members (excludes halogenated alkanes) is 1. The lowest BCUT2D eigenvalue weighted by Crippen LogP contribution is -2.48. The molecule has 0 spiro atoms. The number of piperazine rings is 1. The molecule has 0 atom stereocenters. The van der Waals surface area contributed by atoms with Gasteiger partial charge in [0, 0.05) is 32.6 Å². The van der Waals surface area contributed by atoms with Crippen molar-refractivity contribution in [2.45, 2.75) is 24.2 Å². The van der Waals surface area contributed by atoms with Crippen LogP contribution < -0.4 is 0 Å². The highest BCUT2D eigenvalue weighted by Gasteiger charge is 2.32. The van der Waals surface area contributed by atoms with Crippen molar-refractivity contribution < 1.29 is 31.5 Å². The van der Waals surface area contributed by atoms with Crippen LogP contribution in [0.25, 0.3) is 0 Å². The second kappa shape index (κ2) is 8.15. The fourth-order valence-corrected chi connectivity index (χ4v) is 4.13. The van der Waals surface area contributed by atoms with E-state index < -0.39 is 38.3 Å². The number of sulfonamides is 1. The first-order chi connectivity index (χ1) is 11.7. The summed E-state index contributed by atoms with van der Waals surface area (Å²) in [6, 6.07) is 1.31. The second-order valence-corrected chi connectivity index (χ2v) is 7.68. The molecule has 10 heteroatoms. The van der Waals surface area contributed by atoms with Gasteiger partial charge in [-0.1, -0.05) is 0 Å². The van der Waals surface area contributed by atoms with E-state index in [0.717, 1.165) is 10.4 Å². The summed E-state index contributed by atoms with van der Waals surface area (Å²) in [5, 5.41) is 8.57. The summed E-state index contributed by atoms with van der Waals surface area (Å²) in [6.07, 6.45) is 1.30. The van der Waals surface area contributed by atoms with Gasteiger partial charge < -0.3 is 10.0 Å². The number of carboxylic acids is 1. The minimum atomic E-state index is -4.24. The van der Waals surface area contributed by atoms with Crippen LogP contribution in [-0.4, -0.2) is 61.4 Å². The van der Waals surface area contributed by atoms with E-state index in [9.17, 15) is 26.4 Å². The zero-order valence-electron chi connectivity index (χ0n) is 13.4. The van der Waals surface area contributed by atoms with Gasteiger partial charge >= 0.3 is 5.97 Å². The Morgan fingerprint density at radius 2 is 1.68 bits per heavy atom. The number of hydrogen-bond acceptors (Lipinski definition) is 4. The van der Waals surface area contributed by atoms with Gasteiger partial charge in [0.25, 0.3) is 0 Å². The summed E-state index contributed by atoms with van der Waals surface area (Å²) in [5.41, 5.74) is 0. The summed E-state index contributed by atoms with van der Waals surface area (Å²) in [7, 11) is -4.24. The molecule has 6 nitrogen and oxygen atoms in total. The van der Waals surface area contributed by atoms with Crippen molar-refractivity contribution in [3.63, 3.8) is 0 Å². The summed E-state index contributed by atoms with van der Waals surface area (Å²) in [5.74, 6) is -5.82. The molecule has 0 saturated carbocycles. The molecule has 1 aliphatic rings. The zero-order chi connectivity index (χ0) is 18.6. The van der Waals surface area contributed by atoms with Gasteiger partial charge in [0.15, 0.2) is 17.5 Å². The van der Waals surface area contributed by atoms with E-state index in [-0.39, 0.29) is 19.5 Å². The molecule has 0 bridgehead atoms. The lowest BCUT2D eigenvalue weighted by atomic mass is 10.2. The smallest absolute Gasteiger partial charge is 0.303 e. The lowest BCUT2D eigenvalue weighted by molar-refractivity contribution is -0.137. The standard InChI is InChI=1S/C15H19F3N2O4S/c16-11-4-5-12(15(18)14(11)17)25(23,24)20-9-7-19(8-10-20)6-2-1-3-13(21)22/h4-5H,1-3,6-10H2,(H,21,22). The molecule has 2 rings (SSSR count). The Balaban J connectivity index is 1.95. The first-order valence-electron chi connectivity index (χ1n) is 7.81. The number of carbonyl (C=O) groups is 1. The fraction of sp³-hybridized carbons (Fsp3) is 0.533. The Bertz CT molecular complexity index is 735. The molecule has 0 amide bonds. The fourth-order valence-electron chi connectivity index (χ4n) is 2.65. The van der Waals surface area contributed by atoms with E-state index in [0.29, 0.717) is 38.5 Å². The Morgan fingerprint density at radius 3 is 2.28 bits per heavy atom. The van der Waals surface area contributed by atoms with E-state index in [2.05, 4.69) is 0 Å². The highest BCUT2D eigenvalue weighted by atomic mass is 32.2. The Labute approximate surface area is 143 Å². The van der Waals surface area contributed by atoms with Crippen LogP contribution in [0.2, 0.25) is 0 Å². The van der Waals surface area contributed by atoms with Crippen LogP contribution >= 0.6 is 0 Å². The van der Waals surface area contributed by atoms with E-state index in [4.69, 9.17) is 5.11 Å². The molecule has 0 unspecified atom stereocenters. The predicted octanol–water partition coefficient (Wildman–Crippen LogP) is 1.67. The molecule has 140 valence electrons. The molecular formula is C15H19F3N2O4S. The molecule has 0 aromatic heterocycles. The van der Waals surface area contributed by atoms with Crippen molar-refractivity contribution in [1.29, 1.82) is 0 Å². The van der Waals surface area contributed by atoms with Gasteiger partial charge in [-0.05, 0) is 31.5 Å². The molecule has 1 heterocycles. The maximum Gasteiger partial charge on any atom is 0.303 e. The Hall–Kier alpha value is -1.65. The topological polar surface area (TPSA) is 77.9 Å². The third-order valence-corrected chi connectivity index (χ3v) is 5.98. The average molecular weight is 380 g/mol. The third-order valence-electron chi connectivity index (χ3n) is 4.06. The number of hydrogen-bond donors (Lipinski definition) is 1. The SMILES string of the molecule is O=C(O)CCCCN1CCN(S(=O)(=O)c2ccc(F)c(F)c2F)CC1. The van der Waals surface area contributed by atoms with Gasteiger partial charge in [0.05, 0.1) is 0 Å². The van der Waals surface area contributed by atoms with Crippen LogP contribution in [0, 0.1) is 17.5 Å². The Morgan fingerprint density at radius 1 is 1.04 bits per heavy atom. The van der Waals surface area contributed by atoms with Gasteiger partial charge in [-0.25, -0.2) is 21.6 Å².